The minimum atomic E-state index is -0.569. The van der Waals surface area contributed by atoms with E-state index in [1.165, 1.54) is 0 Å². The van der Waals surface area contributed by atoms with Crippen molar-refractivity contribution >= 4 is 5.91 Å². The van der Waals surface area contributed by atoms with Gasteiger partial charge in [-0.2, -0.15) is 0 Å². The lowest BCUT2D eigenvalue weighted by atomic mass is 10.1. The maximum atomic E-state index is 12.0. The van der Waals surface area contributed by atoms with Crippen molar-refractivity contribution < 1.29 is 9.63 Å². The maximum absolute atomic E-state index is 12.0. The van der Waals surface area contributed by atoms with E-state index in [1.807, 2.05) is 37.2 Å². The van der Waals surface area contributed by atoms with Crippen LogP contribution in [-0.2, 0) is 11.3 Å². The van der Waals surface area contributed by atoms with Gasteiger partial charge >= 0.3 is 0 Å². The number of rotatable bonds is 10. The monoisotopic (exact) mass is 331 g/mol. The fraction of sp³-hybridized carbons (Fsp3) is 0.526. The Balaban J connectivity index is 2.60. The number of benzene rings is 1. The van der Waals surface area contributed by atoms with Crippen LogP contribution in [0.4, 0.5) is 0 Å². The van der Waals surface area contributed by atoms with Crippen LogP contribution < -0.4 is 15.9 Å². The molecule has 0 saturated heterocycles. The van der Waals surface area contributed by atoms with E-state index in [0.717, 1.165) is 36.3 Å². The molecule has 0 bridgehead atoms. The van der Waals surface area contributed by atoms with Gasteiger partial charge in [0, 0.05) is 26.6 Å². The molecule has 3 N–H and O–H groups in total. The number of terminal acetylenes is 1. The first kappa shape index (κ1) is 20.0. The van der Waals surface area contributed by atoms with Crippen LogP contribution in [0.1, 0.15) is 43.7 Å². The van der Waals surface area contributed by atoms with Gasteiger partial charge in [-0.25, -0.2) is 0 Å². The highest BCUT2D eigenvalue weighted by Gasteiger charge is 2.13. The summed E-state index contributed by atoms with van der Waals surface area (Å²) in [4.78, 5) is 17.8. The number of nitrogens with one attached hydrogen (secondary N) is 1. The smallest absolute Gasteiger partial charge is 0.237 e. The number of nitrogens with two attached hydrogens (primary N) is 1. The standard InChI is InChI=1S/C19H29N3O2/c1-5-7-9-18(20)19(23)21-14-16-13-17(11-10-15(16)3)24-22(4)12-8-6-2/h1,10-11,13,18H,6-9,12,14,20H2,2-4H3,(H,21,23)/t18-/m0/s1. The van der Waals surface area contributed by atoms with E-state index in [9.17, 15) is 4.79 Å². The highest BCUT2D eigenvalue weighted by Crippen LogP contribution is 2.18. The molecule has 24 heavy (non-hydrogen) atoms. The van der Waals surface area contributed by atoms with Crippen molar-refractivity contribution in [1.29, 1.82) is 0 Å². The van der Waals surface area contributed by atoms with E-state index >= 15 is 0 Å². The quantitative estimate of drug-likeness (QED) is 0.510. The molecule has 0 spiro atoms. The molecular weight excluding hydrogens is 302 g/mol. The average molecular weight is 331 g/mol. The molecule has 1 aromatic rings. The summed E-state index contributed by atoms with van der Waals surface area (Å²) in [5.41, 5.74) is 7.91. The lowest BCUT2D eigenvalue weighted by Crippen LogP contribution is -2.40. The second kappa shape index (κ2) is 10.7. The first-order valence-electron chi connectivity index (χ1n) is 8.43. The van der Waals surface area contributed by atoms with Crippen LogP contribution >= 0.6 is 0 Å². The number of carbonyl (C=O) groups is 1. The lowest BCUT2D eigenvalue weighted by molar-refractivity contribution is -0.122. The Kier molecular flexibility index (Phi) is 8.92. The molecule has 0 aliphatic rings. The molecular formula is C19H29N3O2. The first-order chi connectivity index (χ1) is 11.5. The molecule has 0 fully saturated rings. The number of aryl methyl sites for hydroxylation is 1. The van der Waals surface area contributed by atoms with Crippen molar-refractivity contribution in [3.05, 3.63) is 29.3 Å². The predicted octanol–water partition coefficient (Wildman–Crippen LogP) is 2.38. The van der Waals surface area contributed by atoms with Crippen LogP contribution in [0.3, 0.4) is 0 Å². The SMILES string of the molecule is C#CCC[C@H](N)C(=O)NCc1cc(ON(C)CCCC)ccc1C. The van der Waals surface area contributed by atoms with Crippen LogP contribution in [0.2, 0.25) is 0 Å². The number of amides is 1. The summed E-state index contributed by atoms with van der Waals surface area (Å²) >= 11 is 0. The first-order valence-corrected chi connectivity index (χ1v) is 8.43. The van der Waals surface area contributed by atoms with Crippen molar-refractivity contribution in [1.82, 2.24) is 10.4 Å². The summed E-state index contributed by atoms with van der Waals surface area (Å²) in [7, 11) is 1.92. The second-order valence-corrected chi connectivity index (χ2v) is 5.95. The van der Waals surface area contributed by atoms with Gasteiger partial charge in [0.25, 0.3) is 0 Å². The third-order valence-electron chi connectivity index (χ3n) is 3.80. The van der Waals surface area contributed by atoms with Crippen molar-refractivity contribution in [2.24, 2.45) is 5.73 Å². The van der Waals surface area contributed by atoms with Crippen LogP contribution in [0.25, 0.3) is 0 Å². The Labute approximate surface area is 145 Å². The minimum Gasteiger partial charge on any atom is -0.406 e. The molecule has 0 aliphatic carbocycles. The largest absolute Gasteiger partial charge is 0.406 e. The molecule has 5 heteroatoms. The van der Waals surface area contributed by atoms with Gasteiger partial charge in [-0.1, -0.05) is 19.4 Å². The summed E-state index contributed by atoms with van der Waals surface area (Å²) in [5.74, 6) is 3.08. The topological polar surface area (TPSA) is 67.6 Å². The number of hydrogen-bond acceptors (Lipinski definition) is 4. The van der Waals surface area contributed by atoms with Gasteiger partial charge in [0.1, 0.15) is 5.75 Å². The summed E-state index contributed by atoms with van der Waals surface area (Å²) in [6.45, 7) is 5.45. The lowest BCUT2D eigenvalue weighted by Gasteiger charge is -2.18. The molecule has 1 atom stereocenters. The summed E-state index contributed by atoms with van der Waals surface area (Å²) < 4.78 is 0. The zero-order chi connectivity index (χ0) is 17.9. The van der Waals surface area contributed by atoms with E-state index in [4.69, 9.17) is 17.0 Å². The van der Waals surface area contributed by atoms with E-state index < -0.39 is 6.04 Å². The van der Waals surface area contributed by atoms with E-state index in [0.29, 0.717) is 19.4 Å². The van der Waals surface area contributed by atoms with Crippen LogP contribution in [0, 0.1) is 19.3 Å². The van der Waals surface area contributed by atoms with Crippen LogP contribution in [0.15, 0.2) is 18.2 Å². The molecule has 0 saturated carbocycles. The number of hydrogen-bond donors (Lipinski definition) is 2. The molecule has 5 nitrogen and oxygen atoms in total. The van der Waals surface area contributed by atoms with Crippen LogP contribution in [0.5, 0.6) is 5.75 Å². The van der Waals surface area contributed by atoms with Gasteiger partial charge in [0.2, 0.25) is 5.91 Å². The number of nitrogens with zero attached hydrogens (tertiary/aromatic N) is 1. The molecule has 1 amide bonds. The minimum absolute atomic E-state index is 0.184. The molecule has 0 heterocycles. The molecule has 132 valence electrons. The Morgan fingerprint density at radius 1 is 1.50 bits per heavy atom. The van der Waals surface area contributed by atoms with Crippen molar-refractivity contribution in [2.45, 2.75) is 52.1 Å². The van der Waals surface area contributed by atoms with E-state index in [1.54, 1.807) is 0 Å². The van der Waals surface area contributed by atoms with Gasteiger partial charge in [-0.3, -0.25) is 4.79 Å². The molecule has 0 radical (unpaired) electrons. The number of carbonyl (C=O) groups excluding carboxylic acids is 1. The molecule has 1 rings (SSSR count). The zero-order valence-electron chi connectivity index (χ0n) is 15.0. The maximum Gasteiger partial charge on any atom is 0.237 e. The van der Waals surface area contributed by atoms with Gasteiger partial charge in [0.15, 0.2) is 0 Å². The Bertz CT molecular complexity index is 566. The summed E-state index contributed by atoms with van der Waals surface area (Å²) in [5, 5.41) is 4.69. The van der Waals surface area contributed by atoms with Gasteiger partial charge < -0.3 is 15.9 Å². The molecule has 0 unspecified atom stereocenters. The zero-order valence-corrected chi connectivity index (χ0v) is 15.0. The van der Waals surface area contributed by atoms with Crippen LogP contribution in [-0.4, -0.2) is 30.6 Å². The third kappa shape index (κ3) is 7.03. The average Bonchev–Trinajstić information content (AvgIpc) is 2.57. The van der Waals surface area contributed by atoms with E-state index in [-0.39, 0.29) is 5.91 Å². The molecule has 0 aliphatic heterocycles. The number of unbranched alkanes of at least 4 members (excludes halogenated alkanes) is 1. The van der Waals surface area contributed by atoms with Crippen molar-refractivity contribution in [3.63, 3.8) is 0 Å². The summed E-state index contributed by atoms with van der Waals surface area (Å²) in [6.07, 6.45) is 8.40. The fourth-order valence-electron chi connectivity index (χ4n) is 2.18. The Hall–Kier alpha value is -2.03. The van der Waals surface area contributed by atoms with Gasteiger partial charge in [0.05, 0.1) is 6.04 Å². The molecule has 0 aromatic heterocycles. The third-order valence-corrected chi connectivity index (χ3v) is 3.80. The predicted molar refractivity (Wildman–Crippen MR) is 97.2 cm³/mol. The number of hydroxylamine groups is 2. The highest BCUT2D eigenvalue weighted by atomic mass is 16.7. The highest BCUT2D eigenvalue weighted by molar-refractivity contribution is 5.81. The Morgan fingerprint density at radius 2 is 2.25 bits per heavy atom. The summed E-state index contributed by atoms with van der Waals surface area (Å²) in [6, 6.07) is 5.30. The Morgan fingerprint density at radius 3 is 2.92 bits per heavy atom. The van der Waals surface area contributed by atoms with Gasteiger partial charge in [-0.15, -0.1) is 17.4 Å². The second-order valence-electron chi connectivity index (χ2n) is 5.95. The van der Waals surface area contributed by atoms with Gasteiger partial charge in [-0.05, 0) is 43.0 Å². The molecule has 1 aromatic carbocycles. The van der Waals surface area contributed by atoms with Crippen molar-refractivity contribution in [3.8, 4) is 18.1 Å². The fourth-order valence-corrected chi connectivity index (χ4v) is 2.18. The van der Waals surface area contributed by atoms with E-state index in [2.05, 4.69) is 18.2 Å². The van der Waals surface area contributed by atoms with Crippen molar-refractivity contribution in [2.75, 3.05) is 13.6 Å². The normalized spacial score (nSPS) is 11.8.